The molecule has 0 spiro atoms. The monoisotopic (exact) mass is 459 g/mol. The molecule has 3 rings (SSSR count). The van der Waals surface area contributed by atoms with Crippen molar-refractivity contribution in [1.29, 1.82) is 0 Å². The van der Waals surface area contributed by atoms with Crippen LogP contribution in [0.15, 0.2) is 69.2 Å². The molecule has 0 bridgehead atoms. The minimum atomic E-state index is -0.493. The SMILES string of the molecule is N/N=C(/CCc1ccc(-n2ccnc(Nc3ccc(Br)cc3F)c2=O)cc1)NN. The highest BCUT2D eigenvalue weighted by Gasteiger charge is 2.10. The highest BCUT2D eigenvalue weighted by Crippen LogP contribution is 2.21. The summed E-state index contributed by atoms with van der Waals surface area (Å²) in [5.41, 5.74) is 3.89. The Bertz CT molecular complexity index is 1080. The second kappa shape index (κ2) is 9.30. The molecule has 1 aromatic heterocycles. The second-order valence-electron chi connectivity index (χ2n) is 6.09. The molecule has 1 heterocycles. The molecular weight excluding hydrogens is 441 g/mol. The summed E-state index contributed by atoms with van der Waals surface area (Å²) in [6.45, 7) is 0. The lowest BCUT2D eigenvalue weighted by molar-refractivity contribution is 0.631. The first kappa shape index (κ1) is 20.5. The van der Waals surface area contributed by atoms with E-state index < -0.39 is 11.4 Å². The lowest BCUT2D eigenvalue weighted by Crippen LogP contribution is -2.31. The van der Waals surface area contributed by atoms with Crippen molar-refractivity contribution in [1.82, 2.24) is 15.0 Å². The predicted octanol–water partition coefficient (Wildman–Crippen LogP) is 2.55. The van der Waals surface area contributed by atoms with Crippen LogP contribution in [0.2, 0.25) is 0 Å². The van der Waals surface area contributed by atoms with Crippen LogP contribution in [-0.4, -0.2) is 15.4 Å². The van der Waals surface area contributed by atoms with E-state index in [1.165, 1.54) is 22.9 Å². The first-order valence-corrected chi connectivity index (χ1v) is 9.43. The molecule has 0 amide bonds. The van der Waals surface area contributed by atoms with Crippen LogP contribution in [0.4, 0.5) is 15.9 Å². The third-order valence-corrected chi connectivity index (χ3v) is 4.71. The van der Waals surface area contributed by atoms with E-state index in [1.807, 2.05) is 24.3 Å². The molecule has 0 radical (unpaired) electrons. The van der Waals surface area contributed by atoms with Crippen molar-refractivity contribution < 1.29 is 4.39 Å². The van der Waals surface area contributed by atoms with Crippen molar-refractivity contribution >= 4 is 33.3 Å². The van der Waals surface area contributed by atoms with Gasteiger partial charge in [-0.2, -0.15) is 5.10 Å². The number of benzene rings is 2. The summed E-state index contributed by atoms with van der Waals surface area (Å²) < 4.78 is 16.1. The molecule has 0 fully saturated rings. The summed E-state index contributed by atoms with van der Waals surface area (Å²) in [5, 5.41) is 6.30. The molecule has 150 valence electrons. The van der Waals surface area contributed by atoms with E-state index in [0.29, 0.717) is 28.8 Å². The Morgan fingerprint density at radius 1 is 1.24 bits per heavy atom. The van der Waals surface area contributed by atoms with E-state index in [1.54, 1.807) is 12.3 Å². The van der Waals surface area contributed by atoms with Crippen molar-refractivity contribution in [2.45, 2.75) is 12.8 Å². The number of aryl methyl sites for hydroxylation is 1. The minimum Gasteiger partial charge on any atom is -0.333 e. The fourth-order valence-electron chi connectivity index (χ4n) is 2.68. The van der Waals surface area contributed by atoms with Crippen LogP contribution in [0.25, 0.3) is 5.69 Å². The number of hydrazine groups is 1. The van der Waals surface area contributed by atoms with Gasteiger partial charge in [-0.3, -0.25) is 9.36 Å². The van der Waals surface area contributed by atoms with Crippen molar-refractivity contribution in [2.24, 2.45) is 16.8 Å². The molecule has 6 N–H and O–H groups in total. The van der Waals surface area contributed by atoms with Gasteiger partial charge in [-0.1, -0.05) is 28.1 Å². The van der Waals surface area contributed by atoms with Gasteiger partial charge in [-0.25, -0.2) is 15.2 Å². The van der Waals surface area contributed by atoms with Crippen LogP contribution in [-0.2, 0) is 6.42 Å². The zero-order chi connectivity index (χ0) is 20.8. The van der Waals surface area contributed by atoms with E-state index in [2.05, 4.69) is 36.8 Å². The maximum Gasteiger partial charge on any atom is 0.298 e. The Morgan fingerprint density at radius 3 is 2.66 bits per heavy atom. The number of halogens is 2. The van der Waals surface area contributed by atoms with Gasteiger partial charge in [0.15, 0.2) is 5.82 Å². The van der Waals surface area contributed by atoms with Crippen LogP contribution in [0.5, 0.6) is 0 Å². The average Bonchev–Trinajstić information content (AvgIpc) is 2.73. The zero-order valence-corrected chi connectivity index (χ0v) is 16.9. The molecule has 0 unspecified atom stereocenters. The number of hydrogen-bond donors (Lipinski definition) is 4. The largest absolute Gasteiger partial charge is 0.333 e. The minimum absolute atomic E-state index is 0.0237. The standard InChI is InChI=1S/C19H19BrFN7O/c20-13-4-7-16(15(21)11-13)25-18-19(29)28(10-9-24-18)14-5-1-12(2-6-14)3-8-17(26-22)27-23/h1-2,4-7,9-11H,3,8,22-23H2,(H,24,25)(H,26,27). The summed E-state index contributed by atoms with van der Waals surface area (Å²) >= 11 is 3.20. The van der Waals surface area contributed by atoms with Crippen molar-refractivity contribution in [2.75, 3.05) is 5.32 Å². The van der Waals surface area contributed by atoms with Gasteiger partial charge < -0.3 is 16.6 Å². The Kier molecular flexibility index (Phi) is 6.57. The molecule has 2 aromatic carbocycles. The van der Waals surface area contributed by atoms with Gasteiger partial charge in [-0.15, -0.1) is 0 Å². The van der Waals surface area contributed by atoms with Crippen LogP contribution < -0.4 is 28.0 Å². The number of aromatic nitrogens is 2. The highest BCUT2D eigenvalue weighted by molar-refractivity contribution is 9.10. The summed E-state index contributed by atoms with van der Waals surface area (Å²) in [7, 11) is 0. The zero-order valence-electron chi connectivity index (χ0n) is 15.3. The molecule has 0 aliphatic heterocycles. The number of nitrogens with zero attached hydrogens (tertiary/aromatic N) is 3. The first-order valence-electron chi connectivity index (χ1n) is 8.64. The van der Waals surface area contributed by atoms with Gasteiger partial charge in [0.2, 0.25) is 0 Å². The number of amidine groups is 1. The molecular formula is C19H19BrFN7O. The third kappa shape index (κ3) is 4.98. The quantitative estimate of drug-likeness (QED) is 0.194. The fraction of sp³-hybridized carbons (Fsp3) is 0.105. The second-order valence-corrected chi connectivity index (χ2v) is 7.00. The maximum absolute atomic E-state index is 14.1. The Balaban J connectivity index is 1.81. The Labute approximate surface area is 174 Å². The molecule has 0 atom stereocenters. The molecule has 0 saturated heterocycles. The molecule has 8 nitrogen and oxygen atoms in total. The van der Waals surface area contributed by atoms with Crippen molar-refractivity contribution in [3.8, 4) is 5.69 Å². The average molecular weight is 460 g/mol. The first-order chi connectivity index (χ1) is 14.0. The smallest absolute Gasteiger partial charge is 0.298 e. The number of nitrogens with one attached hydrogen (secondary N) is 2. The van der Waals surface area contributed by atoms with Crippen LogP contribution >= 0.6 is 15.9 Å². The van der Waals surface area contributed by atoms with Gasteiger partial charge in [-0.05, 0) is 42.3 Å². The van der Waals surface area contributed by atoms with E-state index in [4.69, 9.17) is 11.7 Å². The van der Waals surface area contributed by atoms with Crippen LogP contribution in [0.1, 0.15) is 12.0 Å². The van der Waals surface area contributed by atoms with E-state index in [9.17, 15) is 9.18 Å². The topological polar surface area (TPSA) is 123 Å². The molecule has 0 saturated carbocycles. The Hall–Kier alpha value is -3.24. The van der Waals surface area contributed by atoms with Gasteiger partial charge >= 0.3 is 0 Å². The number of hydrogen-bond acceptors (Lipinski definition) is 6. The molecule has 0 aliphatic carbocycles. The fourth-order valence-corrected chi connectivity index (χ4v) is 3.01. The van der Waals surface area contributed by atoms with Crippen molar-refractivity contribution in [3.05, 3.63) is 81.1 Å². The summed E-state index contributed by atoms with van der Waals surface area (Å²) in [6, 6.07) is 11.9. The number of rotatable bonds is 6. The van der Waals surface area contributed by atoms with E-state index >= 15 is 0 Å². The van der Waals surface area contributed by atoms with Gasteiger partial charge in [0.05, 0.1) is 5.69 Å². The van der Waals surface area contributed by atoms with Gasteiger partial charge in [0.1, 0.15) is 11.7 Å². The van der Waals surface area contributed by atoms with E-state index in [-0.39, 0.29) is 11.5 Å². The van der Waals surface area contributed by atoms with Crippen LogP contribution in [0.3, 0.4) is 0 Å². The third-order valence-electron chi connectivity index (χ3n) is 4.21. The number of nitrogens with two attached hydrogens (primary N) is 2. The summed E-state index contributed by atoms with van der Waals surface area (Å²) in [4.78, 5) is 16.8. The molecule has 29 heavy (non-hydrogen) atoms. The van der Waals surface area contributed by atoms with Crippen molar-refractivity contribution in [3.63, 3.8) is 0 Å². The predicted molar refractivity (Wildman–Crippen MR) is 114 cm³/mol. The molecule has 3 aromatic rings. The van der Waals surface area contributed by atoms with Gasteiger partial charge in [0.25, 0.3) is 5.56 Å². The lowest BCUT2D eigenvalue weighted by atomic mass is 10.1. The highest BCUT2D eigenvalue weighted by atomic mass is 79.9. The normalized spacial score (nSPS) is 11.3. The summed E-state index contributed by atoms with van der Waals surface area (Å²) in [5.74, 6) is 10.6. The Morgan fingerprint density at radius 2 is 2.00 bits per heavy atom. The van der Waals surface area contributed by atoms with Gasteiger partial charge in [0, 0.05) is 29.0 Å². The molecule has 0 aliphatic rings. The number of hydrazone groups is 1. The van der Waals surface area contributed by atoms with E-state index in [0.717, 1.165) is 5.56 Å². The van der Waals surface area contributed by atoms with Crippen LogP contribution in [0, 0.1) is 5.82 Å². The maximum atomic E-state index is 14.1. The molecule has 10 heteroatoms. The summed E-state index contributed by atoms with van der Waals surface area (Å²) in [6.07, 6.45) is 4.28. The number of anilines is 2. The lowest BCUT2D eigenvalue weighted by Gasteiger charge is -2.11.